The highest BCUT2D eigenvalue weighted by Crippen LogP contribution is 2.27. The van der Waals surface area contributed by atoms with Crippen molar-refractivity contribution < 1.29 is 14.3 Å². The van der Waals surface area contributed by atoms with Gasteiger partial charge in [-0.2, -0.15) is 0 Å². The summed E-state index contributed by atoms with van der Waals surface area (Å²) in [6.07, 6.45) is 2.08. The van der Waals surface area contributed by atoms with Crippen molar-refractivity contribution in [2.75, 3.05) is 25.5 Å². The summed E-state index contributed by atoms with van der Waals surface area (Å²) in [6, 6.07) is 1.88. The highest BCUT2D eigenvalue weighted by atomic mass is 35.5. The maximum Gasteiger partial charge on any atom is 0.410 e. The highest BCUT2D eigenvalue weighted by Gasteiger charge is 2.30. The molecule has 1 aliphatic heterocycles. The average molecular weight is 328 g/mol. The lowest BCUT2D eigenvalue weighted by molar-refractivity contribution is 0.0293. The van der Waals surface area contributed by atoms with Gasteiger partial charge in [0, 0.05) is 25.3 Å². The number of carbonyl (C=O) groups excluding carboxylic acids is 1. The molecule has 0 spiro atoms. The second-order valence-corrected chi connectivity index (χ2v) is 6.70. The van der Waals surface area contributed by atoms with Crippen molar-refractivity contribution in [2.24, 2.45) is 0 Å². The first-order valence-electron chi connectivity index (χ1n) is 7.22. The number of nitrogens with zero attached hydrogens (tertiary/aromatic N) is 2. The predicted octanol–water partition coefficient (Wildman–Crippen LogP) is 3.16. The number of ether oxygens (including phenoxy) is 2. The maximum atomic E-state index is 12.1. The third-order valence-corrected chi connectivity index (χ3v) is 3.42. The molecule has 1 amide bonds. The van der Waals surface area contributed by atoms with E-state index in [1.807, 2.05) is 20.8 Å². The number of likely N-dealkylation sites (tertiary alicyclic amines) is 1. The third kappa shape index (κ3) is 4.40. The molecule has 0 bridgehead atoms. The lowest BCUT2D eigenvalue weighted by atomic mass is 10.2. The number of methoxy groups -OCH3 is 1. The van der Waals surface area contributed by atoms with Gasteiger partial charge in [0.25, 0.3) is 0 Å². The van der Waals surface area contributed by atoms with Gasteiger partial charge in [-0.1, -0.05) is 11.6 Å². The molecule has 0 aromatic carbocycles. The second kappa shape index (κ2) is 6.60. The first kappa shape index (κ1) is 16.7. The summed E-state index contributed by atoms with van der Waals surface area (Å²) < 4.78 is 10.6. The summed E-state index contributed by atoms with van der Waals surface area (Å²) >= 11 is 5.97. The van der Waals surface area contributed by atoms with Crippen LogP contribution in [0.3, 0.4) is 0 Å². The Morgan fingerprint density at radius 3 is 2.86 bits per heavy atom. The Labute approximate surface area is 135 Å². The predicted molar refractivity (Wildman–Crippen MR) is 85.6 cm³/mol. The van der Waals surface area contributed by atoms with E-state index in [4.69, 9.17) is 21.1 Å². The maximum absolute atomic E-state index is 12.1. The van der Waals surface area contributed by atoms with Gasteiger partial charge in [-0.05, 0) is 33.3 Å². The van der Waals surface area contributed by atoms with Crippen LogP contribution in [0.15, 0.2) is 12.3 Å². The van der Waals surface area contributed by atoms with Crippen molar-refractivity contribution in [2.45, 2.75) is 38.8 Å². The van der Waals surface area contributed by atoms with Gasteiger partial charge in [0.2, 0.25) is 5.88 Å². The zero-order valence-electron chi connectivity index (χ0n) is 13.4. The van der Waals surface area contributed by atoms with Gasteiger partial charge in [0.1, 0.15) is 5.60 Å². The average Bonchev–Trinajstić information content (AvgIpc) is 2.86. The minimum atomic E-state index is -0.483. The van der Waals surface area contributed by atoms with Crippen molar-refractivity contribution in [1.29, 1.82) is 0 Å². The molecule has 1 unspecified atom stereocenters. The normalized spacial score (nSPS) is 18.2. The summed E-state index contributed by atoms with van der Waals surface area (Å²) in [6.45, 7) is 6.81. The minimum absolute atomic E-state index is 0.113. The van der Waals surface area contributed by atoms with E-state index in [0.29, 0.717) is 24.0 Å². The van der Waals surface area contributed by atoms with Crippen molar-refractivity contribution in [3.05, 3.63) is 17.3 Å². The Morgan fingerprint density at radius 1 is 1.50 bits per heavy atom. The van der Waals surface area contributed by atoms with Gasteiger partial charge in [-0.3, -0.25) is 0 Å². The van der Waals surface area contributed by atoms with Crippen LogP contribution < -0.4 is 10.1 Å². The molecule has 2 rings (SSSR count). The molecule has 1 aliphatic rings. The van der Waals surface area contributed by atoms with E-state index < -0.39 is 5.60 Å². The zero-order chi connectivity index (χ0) is 16.3. The molecule has 0 radical (unpaired) electrons. The highest BCUT2D eigenvalue weighted by molar-refractivity contribution is 6.30. The molecule has 1 aromatic rings. The van der Waals surface area contributed by atoms with Crippen LogP contribution in [0.25, 0.3) is 0 Å². The van der Waals surface area contributed by atoms with Gasteiger partial charge < -0.3 is 19.7 Å². The molecule has 7 heteroatoms. The molecule has 1 fully saturated rings. The third-order valence-electron chi connectivity index (χ3n) is 3.21. The fourth-order valence-corrected chi connectivity index (χ4v) is 2.44. The minimum Gasteiger partial charge on any atom is -0.480 e. The van der Waals surface area contributed by atoms with Crippen LogP contribution in [0.2, 0.25) is 5.02 Å². The SMILES string of the molecule is COc1ncc(Cl)cc1NC1CCN(C(=O)OC(C)(C)C)C1. The van der Waals surface area contributed by atoms with Crippen LogP contribution in [0.5, 0.6) is 5.88 Å². The largest absolute Gasteiger partial charge is 0.480 e. The van der Waals surface area contributed by atoms with E-state index in [-0.39, 0.29) is 12.1 Å². The van der Waals surface area contributed by atoms with Crippen LogP contribution in [0, 0.1) is 0 Å². The summed E-state index contributed by atoms with van der Waals surface area (Å²) in [5.41, 5.74) is 0.244. The fourth-order valence-electron chi connectivity index (χ4n) is 2.28. The lowest BCUT2D eigenvalue weighted by Gasteiger charge is -2.24. The van der Waals surface area contributed by atoms with Gasteiger partial charge in [-0.25, -0.2) is 9.78 Å². The smallest absolute Gasteiger partial charge is 0.410 e. The Bertz CT molecular complexity index is 545. The zero-order valence-corrected chi connectivity index (χ0v) is 14.1. The summed E-state index contributed by atoms with van der Waals surface area (Å²) in [7, 11) is 1.56. The number of anilines is 1. The first-order chi connectivity index (χ1) is 10.3. The molecule has 1 saturated heterocycles. The lowest BCUT2D eigenvalue weighted by Crippen LogP contribution is -2.36. The molecule has 122 valence electrons. The van der Waals surface area contributed by atoms with E-state index in [9.17, 15) is 4.79 Å². The Balaban J connectivity index is 1.97. The molecule has 1 atom stereocenters. The van der Waals surface area contributed by atoms with Crippen molar-refractivity contribution >= 4 is 23.4 Å². The van der Waals surface area contributed by atoms with E-state index in [1.54, 1.807) is 18.1 Å². The topological polar surface area (TPSA) is 63.7 Å². The number of rotatable bonds is 3. The summed E-state index contributed by atoms with van der Waals surface area (Å²) in [5, 5.41) is 3.86. The quantitative estimate of drug-likeness (QED) is 0.923. The van der Waals surface area contributed by atoms with Gasteiger partial charge >= 0.3 is 6.09 Å². The van der Waals surface area contributed by atoms with E-state index in [1.165, 1.54) is 6.20 Å². The monoisotopic (exact) mass is 327 g/mol. The molecule has 2 heterocycles. The summed E-state index contributed by atoms with van der Waals surface area (Å²) in [4.78, 5) is 17.9. The molecular formula is C15H22ClN3O3. The number of nitrogens with one attached hydrogen (secondary N) is 1. The van der Waals surface area contributed by atoms with Gasteiger partial charge in [0.15, 0.2) is 0 Å². The first-order valence-corrected chi connectivity index (χ1v) is 7.60. The Hall–Kier alpha value is -1.69. The van der Waals surface area contributed by atoms with Gasteiger partial charge in [-0.15, -0.1) is 0 Å². The Kier molecular flexibility index (Phi) is 5.01. The standard InChI is InChI=1S/C15H22ClN3O3/c1-15(2,3)22-14(20)19-6-5-11(9-19)18-12-7-10(16)8-17-13(12)21-4/h7-8,11,18H,5-6,9H2,1-4H3. The number of aromatic nitrogens is 1. The number of hydrogen-bond donors (Lipinski definition) is 1. The summed E-state index contributed by atoms with van der Waals surface area (Å²) in [5.74, 6) is 0.486. The molecule has 0 aliphatic carbocycles. The Morgan fingerprint density at radius 2 is 2.23 bits per heavy atom. The van der Waals surface area contributed by atoms with Crippen LogP contribution in [0.4, 0.5) is 10.5 Å². The van der Waals surface area contributed by atoms with Crippen LogP contribution in [-0.4, -0.2) is 47.8 Å². The molecule has 0 saturated carbocycles. The fraction of sp³-hybridized carbons (Fsp3) is 0.600. The molecule has 6 nitrogen and oxygen atoms in total. The van der Waals surface area contributed by atoms with Crippen molar-refractivity contribution in [3.8, 4) is 5.88 Å². The van der Waals surface area contributed by atoms with Gasteiger partial charge in [0.05, 0.1) is 17.8 Å². The number of amides is 1. The number of hydrogen-bond acceptors (Lipinski definition) is 5. The number of carbonyl (C=O) groups is 1. The van der Waals surface area contributed by atoms with Crippen LogP contribution >= 0.6 is 11.6 Å². The molecular weight excluding hydrogens is 306 g/mol. The van der Waals surface area contributed by atoms with Crippen LogP contribution in [0.1, 0.15) is 27.2 Å². The molecule has 22 heavy (non-hydrogen) atoms. The van der Waals surface area contributed by atoms with E-state index in [0.717, 1.165) is 12.1 Å². The molecule has 1 N–H and O–H groups in total. The van der Waals surface area contributed by atoms with E-state index in [2.05, 4.69) is 10.3 Å². The van der Waals surface area contributed by atoms with Crippen molar-refractivity contribution in [1.82, 2.24) is 9.88 Å². The number of pyridine rings is 1. The number of halogens is 1. The van der Waals surface area contributed by atoms with Crippen molar-refractivity contribution in [3.63, 3.8) is 0 Å². The second-order valence-electron chi connectivity index (χ2n) is 6.27. The van der Waals surface area contributed by atoms with E-state index >= 15 is 0 Å². The molecule has 1 aromatic heterocycles. The van der Waals surface area contributed by atoms with Crippen LogP contribution in [-0.2, 0) is 4.74 Å².